The van der Waals surface area contributed by atoms with Gasteiger partial charge in [-0.2, -0.15) is 0 Å². The molecule has 5 nitrogen and oxygen atoms in total. The number of aryl methyl sites for hydroxylation is 1. The molecular weight excluding hydrogens is 226 g/mol. The summed E-state index contributed by atoms with van der Waals surface area (Å²) in [4.78, 5) is 13.0. The second-order valence-electron chi connectivity index (χ2n) is 4.64. The molecule has 96 valence electrons. The maximum atomic E-state index is 5.84. The molecule has 0 aliphatic rings. The fourth-order valence-corrected chi connectivity index (χ4v) is 1.91. The predicted molar refractivity (Wildman–Crippen MR) is 72.0 cm³/mol. The van der Waals surface area contributed by atoms with Crippen molar-refractivity contribution in [3.05, 3.63) is 24.3 Å². The van der Waals surface area contributed by atoms with Crippen LogP contribution in [0.5, 0.6) is 0 Å². The molecular formula is C13H19N5. The molecule has 0 fully saturated rings. The zero-order valence-electron chi connectivity index (χ0n) is 11.1. The van der Waals surface area contributed by atoms with Crippen molar-refractivity contribution in [1.29, 1.82) is 0 Å². The number of anilines is 1. The fraction of sp³-hybridized carbons (Fsp3) is 0.462. The van der Waals surface area contributed by atoms with Gasteiger partial charge in [0.25, 0.3) is 0 Å². The first-order valence-corrected chi connectivity index (χ1v) is 6.27. The SMILES string of the molecule is CCCc1cc(N)nc(-c2cncn2C(C)C)n1. The van der Waals surface area contributed by atoms with Gasteiger partial charge in [-0.15, -0.1) is 0 Å². The lowest BCUT2D eigenvalue weighted by Gasteiger charge is -2.11. The Morgan fingerprint density at radius 2 is 2.11 bits per heavy atom. The molecule has 0 amide bonds. The van der Waals surface area contributed by atoms with Crippen molar-refractivity contribution >= 4 is 5.82 Å². The first-order chi connectivity index (χ1) is 8.61. The molecule has 0 saturated carbocycles. The van der Waals surface area contributed by atoms with Gasteiger partial charge in [-0.05, 0) is 20.3 Å². The minimum atomic E-state index is 0.321. The molecule has 0 atom stereocenters. The van der Waals surface area contributed by atoms with Gasteiger partial charge in [0.1, 0.15) is 11.5 Å². The van der Waals surface area contributed by atoms with E-state index in [0.29, 0.717) is 17.7 Å². The molecule has 0 aromatic carbocycles. The summed E-state index contributed by atoms with van der Waals surface area (Å²) >= 11 is 0. The number of hydrogen-bond donors (Lipinski definition) is 1. The highest BCUT2D eigenvalue weighted by Crippen LogP contribution is 2.20. The highest BCUT2D eigenvalue weighted by molar-refractivity contribution is 5.52. The quantitative estimate of drug-likeness (QED) is 0.898. The number of nitrogen functional groups attached to an aromatic ring is 1. The van der Waals surface area contributed by atoms with Crippen LogP contribution in [0.25, 0.3) is 11.5 Å². The monoisotopic (exact) mass is 245 g/mol. The number of aromatic nitrogens is 4. The van der Waals surface area contributed by atoms with Gasteiger partial charge in [0.05, 0.1) is 12.5 Å². The maximum absolute atomic E-state index is 5.84. The number of rotatable bonds is 4. The lowest BCUT2D eigenvalue weighted by molar-refractivity contribution is 0.603. The number of nitrogens with two attached hydrogens (primary N) is 1. The normalized spacial score (nSPS) is 11.1. The lowest BCUT2D eigenvalue weighted by Crippen LogP contribution is -2.06. The lowest BCUT2D eigenvalue weighted by atomic mass is 10.2. The first kappa shape index (κ1) is 12.5. The van der Waals surface area contributed by atoms with Gasteiger partial charge < -0.3 is 10.3 Å². The van der Waals surface area contributed by atoms with Crippen LogP contribution in [0.15, 0.2) is 18.6 Å². The summed E-state index contributed by atoms with van der Waals surface area (Å²) in [5.41, 5.74) is 7.74. The van der Waals surface area contributed by atoms with Gasteiger partial charge in [0.15, 0.2) is 5.82 Å². The highest BCUT2D eigenvalue weighted by Gasteiger charge is 2.12. The summed E-state index contributed by atoms with van der Waals surface area (Å²) in [7, 11) is 0. The Morgan fingerprint density at radius 3 is 2.78 bits per heavy atom. The number of hydrogen-bond acceptors (Lipinski definition) is 4. The molecule has 2 aromatic rings. The molecule has 0 radical (unpaired) electrons. The molecule has 0 bridgehead atoms. The molecule has 0 saturated heterocycles. The van der Waals surface area contributed by atoms with E-state index in [4.69, 9.17) is 5.73 Å². The van der Waals surface area contributed by atoms with Crippen LogP contribution in [0.4, 0.5) is 5.82 Å². The predicted octanol–water partition coefficient (Wildman–Crippen LogP) is 2.46. The Bertz CT molecular complexity index is 530. The second-order valence-corrected chi connectivity index (χ2v) is 4.64. The molecule has 0 aliphatic carbocycles. The van der Waals surface area contributed by atoms with E-state index in [0.717, 1.165) is 24.2 Å². The number of imidazole rings is 1. The minimum absolute atomic E-state index is 0.321. The van der Waals surface area contributed by atoms with Crippen LogP contribution >= 0.6 is 0 Å². The maximum Gasteiger partial charge on any atom is 0.180 e. The summed E-state index contributed by atoms with van der Waals surface area (Å²) in [5, 5.41) is 0. The zero-order chi connectivity index (χ0) is 13.1. The Kier molecular flexibility index (Phi) is 3.60. The van der Waals surface area contributed by atoms with Crippen LogP contribution in [0.3, 0.4) is 0 Å². The molecule has 2 heterocycles. The van der Waals surface area contributed by atoms with Crippen molar-refractivity contribution in [2.45, 2.75) is 39.7 Å². The van der Waals surface area contributed by atoms with Crippen molar-refractivity contribution in [3.8, 4) is 11.5 Å². The van der Waals surface area contributed by atoms with Crippen molar-refractivity contribution in [3.63, 3.8) is 0 Å². The van der Waals surface area contributed by atoms with Crippen molar-refractivity contribution in [2.75, 3.05) is 5.73 Å². The van der Waals surface area contributed by atoms with Crippen molar-refractivity contribution < 1.29 is 0 Å². The largest absolute Gasteiger partial charge is 0.384 e. The third-order valence-electron chi connectivity index (χ3n) is 2.76. The Labute approximate surface area is 107 Å². The zero-order valence-corrected chi connectivity index (χ0v) is 11.1. The van der Waals surface area contributed by atoms with E-state index in [2.05, 4.69) is 35.7 Å². The van der Waals surface area contributed by atoms with Gasteiger partial charge in [-0.1, -0.05) is 13.3 Å². The van der Waals surface area contributed by atoms with Crippen LogP contribution in [0.1, 0.15) is 38.9 Å². The van der Waals surface area contributed by atoms with Crippen LogP contribution in [0.2, 0.25) is 0 Å². The average Bonchev–Trinajstić information content (AvgIpc) is 2.77. The summed E-state index contributed by atoms with van der Waals surface area (Å²) in [5.74, 6) is 1.17. The van der Waals surface area contributed by atoms with E-state index in [1.54, 1.807) is 12.5 Å². The van der Waals surface area contributed by atoms with E-state index in [1.165, 1.54) is 0 Å². The smallest absolute Gasteiger partial charge is 0.180 e. The fourth-order valence-electron chi connectivity index (χ4n) is 1.91. The van der Waals surface area contributed by atoms with Crippen LogP contribution in [0, 0.1) is 0 Å². The molecule has 5 heteroatoms. The van der Waals surface area contributed by atoms with Gasteiger partial charge in [-0.3, -0.25) is 0 Å². The van der Waals surface area contributed by atoms with E-state index < -0.39 is 0 Å². The molecule has 2 N–H and O–H groups in total. The number of nitrogens with zero attached hydrogens (tertiary/aromatic N) is 4. The third-order valence-corrected chi connectivity index (χ3v) is 2.76. The third kappa shape index (κ3) is 2.50. The second kappa shape index (κ2) is 5.16. The minimum Gasteiger partial charge on any atom is -0.384 e. The average molecular weight is 245 g/mol. The summed E-state index contributed by atoms with van der Waals surface area (Å²) in [6.45, 7) is 6.32. The molecule has 0 unspecified atom stereocenters. The molecule has 18 heavy (non-hydrogen) atoms. The van der Waals surface area contributed by atoms with Gasteiger partial charge in [0, 0.05) is 17.8 Å². The van der Waals surface area contributed by atoms with Crippen LogP contribution in [-0.2, 0) is 6.42 Å². The molecule has 0 aliphatic heterocycles. The highest BCUT2D eigenvalue weighted by atomic mass is 15.1. The topological polar surface area (TPSA) is 69.6 Å². The van der Waals surface area contributed by atoms with Crippen LogP contribution < -0.4 is 5.73 Å². The molecule has 0 spiro atoms. The van der Waals surface area contributed by atoms with E-state index in [9.17, 15) is 0 Å². The summed E-state index contributed by atoms with van der Waals surface area (Å²) in [6, 6.07) is 2.16. The van der Waals surface area contributed by atoms with E-state index in [-0.39, 0.29) is 0 Å². The van der Waals surface area contributed by atoms with Gasteiger partial charge in [-0.25, -0.2) is 15.0 Å². The Morgan fingerprint density at radius 1 is 1.33 bits per heavy atom. The standard InChI is InChI=1S/C13H19N5/c1-4-5-10-6-12(14)17-13(16-10)11-7-15-8-18(11)9(2)3/h6-9H,4-5H2,1-3H3,(H2,14,16,17). The Hall–Kier alpha value is -1.91. The Balaban J connectivity index is 2.46. The van der Waals surface area contributed by atoms with Gasteiger partial charge in [0.2, 0.25) is 0 Å². The molecule has 2 rings (SSSR count). The van der Waals surface area contributed by atoms with Crippen molar-refractivity contribution in [2.24, 2.45) is 0 Å². The first-order valence-electron chi connectivity index (χ1n) is 6.27. The van der Waals surface area contributed by atoms with Gasteiger partial charge >= 0.3 is 0 Å². The van der Waals surface area contributed by atoms with E-state index >= 15 is 0 Å². The van der Waals surface area contributed by atoms with E-state index in [1.807, 2.05) is 10.6 Å². The summed E-state index contributed by atoms with van der Waals surface area (Å²) in [6.07, 6.45) is 5.53. The summed E-state index contributed by atoms with van der Waals surface area (Å²) < 4.78 is 2.05. The van der Waals surface area contributed by atoms with Crippen molar-refractivity contribution in [1.82, 2.24) is 19.5 Å². The van der Waals surface area contributed by atoms with Crippen LogP contribution in [-0.4, -0.2) is 19.5 Å². The molecule has 2 aromatic heterocycles.